The summed E-state index contributed by atoms with van der Waals surface area (Å²) in [5.74, 6) is -0.754. The van der Waals surface area contributed by atoms with Gasteiger partial charge in [0.25, 0.3) is 15.9 Å². The Kier molecular flexibility index (Phi) is 6.33. The van der Waals surface area contributed by atoms with Crippen molar-refractivity contribution < 1.29 is 17.6 Å². The van der Waals surface area contributed by atoms with E-state index in [9.17, 15) is 17.6 Å². The summed E-state index contributed by atoms with van der Waals surface area (Å²) in [6.07, 6.45) is 0.667. The zero-order chi connectivity index (χ0) is 19.3. The number of hydrogen-bond donors (Lipinski definition) is 3. The number of halogens is 1. The zero-order valence-corrected chi connectivity index (χ0v) is 15.4. The Morgan fingerprint density at radius 1 is 1.19 bits per heavy atom. The summed E-state index contributed by atoms with van der Waals surface area (Å²) in [4.78, 5) is 12.0. The molecule has 140 valence electrons. The first-order valence-electron chi connectivity index (χ1n) is 8.12. The highest BCUT2D eigenvalue weighted by Crippen LogP contribution is 2.20. The van der Waals surface area contributed by atoms with Crippen LogP contribution in [0.5, 0.6) is 0 Å². The van der Waals surface area contributed by atoms with Crippen LogP contribution in [0.25, 0.3) is 0 Å². The van der Waals surface area contributed by atoms with Crippen LogP contribution < -0.4 is 15.8 Å². The van der Waals surface area contributed by atoms with Crippen molar-refractivity contribution in [3.8, 4) is 0 Å². The lowest BCUT2D eigenvalue weighted by Crippen LogP contribution is -2.28. The molecule has 0 fully saturated rings. The van der Waals surface area contributed by atoms with Crippen molar-refractivity contribution in [1.82, 2.24) is 5.32 Å². The molecular formula is C18H22FN3O3S. The van der Waals surface area contributed by atoms with Crippen LogP contribution in [0.3, 0.4) is 0 Å². The van der Waals surface area contributed by atoms with Gasteiger partial charge < -0.3 is 11.1 Å². The van der Waals surface area contributed by atoms with Gasteiger partial charge in [0.15, 0.2) is 0 Å². The van der Waals surface area contributed by atoms with E-state index >= 15 is 0 Å². The van der Waals surface area contributed by atoms with Gasteiger partial charge >= 0.3 is 0 Å². The van der Waals surface area contributed by atoms with Crippen LogP contribution in [-0.2, 0) is 10.0 Å². The second-order valence-electron chi connectivity index (χ2n) is 6.11. The van der Waals surface area contributed by atoms with E-state index in [2.05, 4.69) is 10.0 Å². The standard InChI is InChI=1S/C18H22FN3O3S/c1-12-11-15(19)5-8-17(12)26(24,25)22-16-6-3-14(4-7-16)18(23)21-10-9-13(2)20/h3-8,11,13,22H,9-10,20H2,1-2H3,(H,21,23). The fourth-order valence-electron chi connectivity index (χ4n) is 2.33. The topological polar surface area (TPSA) is 101 Å². The molecule has 2 rings (SSSR count). The van der Waals surface area contributed by atoms with Crippen LogP contribution in [0, 0.1) is 12.7 Å². The van der Waals surface area contributed by atoms with E-state index in [1.807, 2.05) is 6.92 Å². The zero-order valence-electron chi connectivity index (χ0n) is 14.6. The van der Waals surface area contributed by atoms with Crippen molar-refractivity contribution >= 4 is 21.6 Å². The molecule has 0 aliphatic rings. The first kappa shape index (κ1) is 19.9. The maximum absolute atomic E-state index is 13.2. The van der Waals surface area contributed by atoms with E-state index in [0.29, 0.717) is 29.8 Å². The lowest BCUT2D eigenvalue weighted by molar-refractivity contribution is 0.0953. The maximum atomic E-state index is 13.2. The van der Waals surface area contributed by atoms with Gasteiger partial charge in [-0.25, -0.2) is 12.8 Å². The molecule has 2 aromatic rings. The Morgan fingerprint density at radius 2 is 1.85 bits per heavy atom. The van der Waals surface area contributed by atoms with Crippen molar-refractivity contribution in [3.63, 3.8) is 0 Å². The number of anilines is 1. The van der Waals surface area contributed by atoms with Gasteiger partial charge in [-0.3, -0.25) is 9.52 Å². The Bertz CT molecular complexity index is 881. The van der Waals surface area contributed by atoms with Crippen molar-refractivity contribution in [2.45, 2.75) is 31.2 Å². The summed E-state index contributed by atoms with van der Waals surface area (Å²) in [6.45, 7) is 3.85. The highest BCUT2D eigenvalue weighted by molar-refractivity contribution is 7.92. The minimum absolute atomic E-state index is 0.00185. The number of rotatable bonds is 7. The summed E-state index contributed by atoms with van der Waals surface area (Å²) >= 11 is 0. The molecule has 0 radical (unpaired) electrons. The molecule has 8 heteroatoms. The maximum Gasteiger partial charge on any atom is 0.262 e. The number of hydrogen-bond acceptors (Lipinski definition) is 4. The number of amides is 1. The normalized spacial score (nSPS) is 12.5. The number of benzene rings is 2. The van der Waals surface area contributed by atoms with Crippen LogP contribution in [0.1, 0.15) is 29.3 Å². The highest BCUT2D eigenvalue weighted by atomic mass is 32.2. The molecule has 0 aliphatic heterocycles. The molecule has 0 bridgehead atoms. The lowest BCUT2D eigenvalue weighted by Gasteiger charge is -2.11. The number of aryl methyl sites for hydroxylation is 1. The van der Waals surface area contributed by atoms with Crippen molar-refractivity contribution in [3.05, 3.63) is 59.4 Å². The third kappa shape index (κ3) is 5.27. The molecule has 0 aliphatic carbocycles. The SMILES string of the molecule is Cc1cc(F)ccc1S(=O)(=O)Nc1ccc(C(=O)NCCC(C)N)cc1. The molecule has 6 nitrogen and oxygen atoms in total. The van der Waals surface area contributed by atoms with Gasteiger partial charge in [-0.15, -0.1) is 0 Å². The number of nitrogens with one attached hydrogen (secondary N) is 2. The van der Waals surface area contributed by atoms with E-state index in [4.69, 9.17) is 5.73 Å². The van der Waals surface area contributed by atoms with Gasteiger partial charge in [-0.1, -0.05) is 0 Å². The average Bonchev–Trinajstić information content (AvgIpc) is 2.54. The molecule has 26 heavy (non-hydrogen) atoms. The molecule has 0 saturated heterocycles. The summed E-state index contributed by atoms with van der Waals surface area (Å²) in [5.41, 5.74) is 6.65. The number of nitrogens with two attached hydrogens (primary N) is 1. The molecule has 0 saturated carbocycles. The van der Waals surface area contributed by atoms with Crippen LogP contribution in [0.4, 0.5) is 10.1 Å². The third-order valence-corrected chi connectivity index (χ3v) is 5.25. The van der Waals surface area contributed by atoms with E-state index in [1.54, 1.807) is 0 Å². The predicted molar refractivity (Wildman–Crippen MR) is 99.0 cm³/mol. The second kappa shape index (κ2) is 8.29. The minimum atomic E-state index is -3.85. The number of carbonyl (C=O) groups is 1. The van der Waals surface area contributed by atoms with Gasteiger partial charge in [-0.2, -0.15) is 0 Å². The van der Waals surface area contributed by atoms with Crippen LogP contribution in [-0.4, -0.2) is 26.9 Å². The first-order valence-corrected chi connectivity index (χ1v) is 9.60. The Balaban J connectivity index is 2.07. The van der Waals surface area contributed by atoms with Gasteiger partial charge in [0, 0.05) is 23.8 Å². The van der Waals surface area contributed by atoms with Gasteiger partial charge in [-0.05, 0) is 68.3 Å². The quantitative estimate of drug-likeness (QED) is 0.687. The van der Waals surface area contributed by atoms with E-state index < -0.39 is 15.8 Å². The molecule has 2 aromatic carbocycles. The number of sulfonamides is 1. The van der Waals surface area contributed by atoms with Crippen LogP contribution >= 0.6 is 0 Å². The molecule has 1 atom stereocenters. The fourth-order valence-corrected chi connectivity index (χ4v) is 3.62. The molecular weight excluding hydrogens is 357 g/mol. The summed E-state index contributed by atoms with van der Waals surface area (Å²) in [7, 11) is -3.85. The largest absolute Gasteiger partial charge is 0.352 e. The monoisotopic (exact) mass is 379 g/mol. The Hall–Kier alpha value is -2.45. The van der Waals surface area contributed by atoms with Crippen LogP contribution in [0.15, 0.2) is 47.4 Å². The van der Waals surface area contributed by atoms with E-state index in [-0.39, 0.29) is 16.8 Å². The minimum Gasteiger partial charge on any atom is -0.352 e. The molecule has 0 aromatic heterocycles. The fraction of sp³-hybridized carbons (Fsp3) is 0.278. The Morgan fingerprint density at radius 3 is 2.42 bits per heavy atom. The van der Waals surface area contributed by atoms with Crippen molar-refractivity contribution in [2.24, 2.45) is 5.73 Å². The lowest BCUT2D eigenvalue weighted by atomic mass is 10.2. The summed E-state index contributed by atoms with van der Waals surface area (Å²) < 4.78 is 40.4. The molecule has 4 N–H and O–H groups in total. The smallest absolute Gasteiger partial charge is 0.262 e. The van der Waals surface area contributed by atoms with Crippen molar-refractivity contribution in [2.75, 3.05) is 11.3 Å². The van der Waals surface area contributed by atoms with E-state index in [0.717, 1.165) is 12.1 Å². The number of carbonyl (C=O) groups excluding carboxylic acids is 1. The van der Waals surface area contributed by atoms with Gasteiger partial charge in [0.1, 0.15) is 5.82 Å². The van der Waals surface area contributed by atoms with E-state index in [1.165, 1.54) is 37.3 Å². The summed E-state index contributed by atoms with van der Waals surface area (Å²) in [5, 5.41) is 2.74. The average molecular weight is 379 g/mol. The molecule has 1 amide bonds. The molecule has 0 heterocycles. The molecule has 1 unspecified atom stereocenters. The summed E-state index contributed by atoms with van der Waals surface area (Å²) in [6, 6.07) is 9.51. The van der Waals surface area contributed by atoms with Gasteiger partial charge in [0.05, 0.1) is 4.90 Å². The third-order valence-electron chi connectivity index (χ3n) is 3.71. The molecule has 0 spiro atoms. The second-order valence-corrected chi connectivity index (χ2v) is 7.77. The van der Waals surface area contributed by atoms with Gasteiger partial charge in [0.2, 0.25) is 0 Å². The first-order chi connectivity index (χ1) is 12.2. The highest BCUT2D eigenvalue weighted by Gasteiger charge is 2.17. The predicted octanol–water partition coefficient (Wildman–Crippen LogP) is 2.40. The van der Waals surface area contributed by atoms with Crippen LogP contribution in [0.2, 0.25) is 0 Å². The Labute approximate surface area is 152 Å². The van der Waals surface area contributed by atoms with Crippen molar-refractivity contribution in [1.29, 1.82) is 0 Å².